The molecule has 104 valence electrons. The lowest BCUT2D eigenvalue weighted by Crippen LogP contribution is -2.33. The van der Waals surface area contributed by atoms with Crippen LogP contribution in [-0.4, -0.2) is 22.9 Å². The standard InChI is InChI=1S/C17H21N3/c1-2-5-14(6-3-1)15-8-11-19(12-9-15)17-13-18-20-10-4-7-16(17)20/h1-3,5-6,13,15H,4,7-12H2. The Bertz CT molecular complexity index is 580. The second-order valence-electron chi connectivity index (χ2n) is 5.98. The van der Waals surface area contributed by atoms with Gasteiger partial charge >= 0.3 is 0 Å². The predicted molar refractivity (Wildman–Crippen MR) is 81.2 cm³/mol. The molecule has 3 heterocycles. The maximum Gasteiger partial charge on any atom is 0.0785 e. The van der Waals surface area contributed by atoms with Crippen molar-refractivity contribution in [1.82, 2.24) is 9.78 Å². The van der Waals surface area contributed by atoms with Crippen molar-refractivity contribution in [2.75, 3.05) is 18.0 Å². The number of piperidine rings is 1. The molecule has 0 aliphatic carbocycles. The molecule has 0 unspecified atom stereocenters. The first-order chi connectivity index (χ1) is 9.92. The van der Waals surface area contributed by atoms with E-state index in [2.05, 4.69) is 51.2 Å². The molecule has 2 aliphatic heterocycles. The molecule has 1 saturated heterocycles. The average Bonchev–Trinajstić information content (AvgIpc) is 3.11. The molecule has 1 aromatic heterocycles. The molecule has 1 aromatic carbocycles. The molecule has 1 fully saturated rings. The zero-order valence-electron chi connectivity index (χ0n) is 11.8. The van der Waals surface area contributed by atoms with Gasteiger partial charge in [0.1, 0.15) is 0 Å². The van der Waals surface area contributed by atoms with Crippen molar-refractivity contribution < 1.29 is 0 Å². The number of hydrogen-bond donors (Lipinski definition) is 0. The first-order valence-corrected chi connectivity index (χ1v) is 7.76. The van der Waals surface area contributed by atoms with Gasteiger partial charge in [0.2, 0.25) is 0 Å². The average molecular weight is 267 g/mol. The van der Waals surface area contributed by atoms with E-state index in [0.29, 0.717) is 0 Å². The van der Waals surface area contributed by atoms with Gasteiger partial charge in [-0.1, -0.05) is 30.3 Å². The molecule has 3 nitrogen and oxygen atoms in total. The van der Waals surface area contributed by atoms with Crippen molar-refractivity contribution >= 4 is 5.69 Å². The second-order valence-corrected chi connectivity index (χ2v) is 5.98. The smallest absolute Gasteiger partial charge is 0.0785 e. The van der Waals surface area contributed by atoms with E-state index in [-0.39, 0.29) is 0 Å². The SMILES string of the molecule is c1ccc(C2CCN(c3cnn4c3CCC4)CC2)cc1. The lowest BCUT2D eigenvalue weighted by Gasteiger charge is -2.33. The van der Waals surface area contributed by atoms with E-state index in [1.165, 1.54) is 42.6 Å². The van der Waals surface area contributed by atoms with Crippen LogP contribution in [0.4, 0.5) is 5.69 Å². The molecule has 0 N–H and O–H groups in total. The molecule has 0 radical (unpaired) electrons. The van der Waals surface area contributed by atoms with Crippen LogP contribution in [0.3, 0.4) is 0 Å². The minimum atomic E-state index is 0.732. The maximum absolute atomic E-state index is 4.52. The van der Waals surface area contributed by atoms with Crippen LogP contribution < -0.4 is 4.90 Å². The number of aromatic nitrogens is 2. The van der Waals surface area contributed by atoms with E-state index < -0.39 is 0 Å². The molecule has 0 spiro atoms. The van der Waals surface area contributed by atoms with Crippen molar-refractivity contribution in [3.63, 3.8) is 0 Å². The van der Waals surface area contributed by atoms with Crippen molar-refractivity contribution in [3.05, 3.63) is 47.8 Å². The summed E-state index contributed by atoms with van der Waals surface area (Å²) in [4.78, 5) is 2.55. The van der Waals surface area contributed by atoms with Crippen LogP contribution in [-0.2, 0) is 13.0 Å². The fraction of sp³-hybridized carbons (Fsp3) is 0.471. The van der Waals surface area contributed by atoms with E-state index in [1.54, 1.807) is 0 Å². The Morgan fingerprint density at radius 2 is 1.80 bits per heavy atom. The number of benzene rings is 1. The molecule has 0 bridgehead atoms. The number of anilines is 1. The van der Waals surface area contributed by atoms with Crippen LogP contribution in [0, 0.1) is 0 Å². The number of fused-ring (bicyclic) bond motifs is 1. The summed E-state index contributed by atoms with van der Waals surface area (Å²) in [5.41, 5.74) is 4.37. The zero-order chi connectivity index (χ0) is 13.4. The normalized spacial score (nSPS) is 19.3. The van der Waals surface area contributed by atoms with Crippen LogP contribution in [0.1, 0.15) is 36.4 Å². The molecule has 2 aromatic rings. The monoisotopic (exact) mass is 267 g/mol. The fourth-order valence-corrected chi connectivity index (χ4v) is 3.69. The highest BCUT2D eigenvalue weighted by Gasteiger charge is 2.25. The van der Waals surface area contributed by atoms with E-state index in [0.717, 1.165) is 25.6 Å². The summed E-state index contributed by atoms with van der Waals surface area (Å²) >= 11 is 0. The van der Waals surface area contributed by atoms with Crippen molar-refractivity contribution in [2.45, 2.75) is 38.1 Å². The highest BCUT2D eigenvalue weighted by molar-refractivity contribution is 5.51. The summed E-state index contributed by atoms with van der Waals surface area (Å²) in [6, 6.07) is 11.0. The van der Waals surface area contributed by atoms with Gasteiger partial charge in [-0.05, 0) is 37.2 Å². The Labute approximate surface area is 120 Å². The number of hydrogen-bond acceptors (Lipinski definition) is 2. The molecule has 0 amide bonds. The first-order valence-electron chi connectivity index (χ1n) is 7.76. The summed E-state index contributed by atoms with van der Waals surface area (Å²) in [6.07, 6.45) is 7.06. The summed E-state index contributed by atoms with van der Waals surface area (Å²) in [5.74, 6) is 0.732. The van der Waals surface area contributed by atoms with Crippen LogP contribution >= 0.6 is 0 Å². The van der Waals surface area contributed by atoms with Gasteiger partial charge in [-0.2, -0.15) is 5.10 Å². The Balaban J connectivity index is 1.47. The molecule has 0 atom stereocenters. The Morgan fingerprint density at radius 1 is 1.00 bits per heavy atom. The second kappa shape index (κ2) is 4.97. The minimum Gasteiger partial charge on any atom is -0.369 e. The van der Waals surface area contributed by atoms with Crippen LogP contribution in [0.5, 0.6) is 0 Å². The van der Waals surface area contributed by atoms with E-state index in [4.69, 9.17) is 0 Å². The molecular formula is C17H21N3. The van der Waals surface area contributed by atoms with Gasteiger partial charge < -0.3 is 4.90 Å². The fourth-order valence-electron chi connectivity index (χ4n) is 3.69. The van der Waals surface area contributed by atoms with Gasteiger partial charge in [0.15, 0.2) is 0 Å². The van der Waals surface area contributed by atoms with Crippen LogP contribution in [0.15, 0.2) is 36.5 Å². The molecular weight excluding hydrogens is 246 g/mol. The third-order valence-electron chi connectivity index (χ3n) is 4.82. The number of aryl methyl sites for hydroxylation is 1. The van der Waals surface area contributed by atoms with Crippen LogP contribution in [0.2, 0.25) is 0 Å². The molecule has 4 rings (SSSR count). The molecule has 0 saturated carbocycles. The topological polar surface area (TPSA) is 21.1 Å². The van der Waals surface area contributed by atoms with Crippen molar-refractivity contribution in [1.29, 1.82) is 0 Å². The third-order valence-corrected chi connectivity index (χ3v) is 4.82. The number of rotatable bonds is 2. The Hall–Kier alpha value is -1.77. The third kappa shape index (κ3) is 2.01. The lowest BCUT2D eigenvalue weighted by molar-refractivity contribution is 0.505. The van der Waals surface area contributed by atoms with Gasteiger partial charge in [-0.3, -0.25) is 4.68 Å². The largest absolute Gasteiger partial charge is 0.369 e. The zero-order valence-corrected chi connectivity index (χ0v) is 11.8. The van der Waals surface area contributed by atoms with Gasteiger partial charge in [-0.25, -0.2) is 0 Å². The summed E-state index contributed by atoms with van der Waals surface area (Å²) in [5, 5.41) is 4.52. The first kappa shape index (κ1) is 12.0. The lowest BCUT2D eigenvalue weighted by atomic mass is 9.89. The van der Waals surface area contributed by atoms with E-state index in [9.17, 15) is 0 Å². The summed E-state index contributed by atoms with van der Waals surface area (Å²) in [6.45, 7) is 3.44. The van der Waals surface area contributed by atoms with E-state index in [1.807, 2.05) is 0 Å². The summed E-state index contributed by atoms with van der Waals surface area (Å²) < 4.78 is 2.19. The molecule has 20 heavy (non-hydrogen) atoms. The molecule has 2 aliphatic rings. The van der Waals surface area contributed by atoms with Gasteiger partial charge in [0.05, 0.1) is 17.6 Å². The predicted octanol–water partition coefficient (Wildman–Crippen LogP) is 3.21. The Morgan fingerprint density at radius 3 is 2.60 bits per heavy atom. The highest BCUT2D eigenvalue weighted by Crippen LogP contribution is 2.33. The van der Waals surface area contributed by atoms with Gasteiger partial charge in [-0.15, -0.1) is 0 Å². The minimum absolute atomic E-state index is 0.732. The van der Waals surface area contributed by atoms with Crippen molar-refractivity contribution in [3.8, 4) is 0 Å². The molecule has 3 heteroatoms. The summed E-state index contributed by atoms with van der Waals surface area (Å²) in [7, 11) is 0. The van der Waals surface area contributed by atoms with Gasteiger partial charge in [0.25, 0.3) is 0 Å². The number of nitrogens with zero attached hydrogens (tertiary/aromatic N) is 3. The van der Waals surface area contributed by atoms with Crippen LogP contribution in [0.25, 0.3) is 0 Å². The van der Waals surface area contributed by atoms with Gasteiger partial charge in [0, 0.05) is 19.6 Å². The Kier molecular flexibility index (Phi) is 2.98. The van der Waals surface area contributed by atoms with Crippen molar-refractivity contribution in [2.24, 2.45) is 0 Å². The maximum atomic E-state index is 4.52. The highest BCUT2D eigenvalue weighted by atomic mass is 15.3. The van der Waals surface area contributed by atoms with E-state index >= 15 is 0 Å². The quantitative estimate of drug-likeness (QED) is 0.833.